The molecule has 32 heavy (non-hydrogen) atoms. The summed E-state index contributed by atoms with van der Waals surface area (Å²) in [6.45, 7) is 7.19. The highest BCUT2D eigenvalue weighted by atomic mass is 35.5. The van der Waals surface area contributed by atoms with Crippen LogP contribution in [-0.4, -0.2) is 28.9 Å². The van der Waals surface area contributed by atoms with Crippen LogP contribution < -0.4 is 5.32 Å². The molecule has 1 amide bonds. The van der Waals surface area contributed by atoms with Gasteiger partial charge in [-0.2, -0.15) is 0 Å². The second-order valence-electron chi connectivity index (χ2n) is 8.02. The SMILES string of the molecule is CCN(CC)Cc1ccc2cc(NC(=O)C3=CC=C(c4ccc(Cl)cc4)CC3)ccc2n1. The van der Waals surface area contributed by atoms with Gasteiger partial charge in [-0.15, -0.1) is 0 Å². The molecule has 1 aliphatic rings. The van der Waals surface area contributed by atoms with Gasteiger partial charge in [-0.05, 0) is 73.5 Å². The lowest BCUT2D eigenvalue weighted by atomic mass is 9.93. The summed E-state index contributed by atoms with van der Waals surface area (Å²) in [6.07, 6.45) is 5.50. The first-order chi connectivity index (χ1) is 15.6. The molecule has 5 heteroatoms. The summed E-state index contributed by atoms with van der Waals surface area (Å²) in [7, 11) is 0. The van der Waals surface area contributed by atoms with E-state index in [1.165, 1.54) is 5.57 Å². The molecule has 1 heterocycles. The number of nitrogens with one attached hydrogen (secondary N) is 1. The van der Waals surface area contributed by atoms with Crippen molar-refractivity contribution in [2.75, 3.05) is 18.4 Å². The summed E-state index contributed by atoms with van der Waals surface area (Å²) >= 11 is 5.98. The second kappa shape index (κ2) is 10.1. The molecule has 0 bridgehead atoms. The second-order valence-corrected chi connectivity index (χ2v) is 8.45. The van der Waals surface area contributed by atoms with Gasteiger partial charge in [0.1, 0.15) is 0 Å². The van der Waals surface area contributed by atoms with Gasteiger partial charge in [0.15, 0.2) is 0 Å². The molecule has 1 aliphatic carbocycles. The molecule has 0 radical (unpaired) electrons. The Balaban J connectivity index is 1.44. The van der Waals surface area contributed by atoms with Gasteiger partial charge in [0.2, 0.25) is 0 Å². The summed E-state index contributed by atoms with van der Waals surface area (Å²) in [4.78, 5) is 19.9. The Morgan fingerprint density at radius 2 is 1.78 bits per heavy atom. The molecule has 164 valence electrons. The third-order valence-corrected chi connectivity index (χ3v) is 6.19. The average molecular weight is 446 g/mol. The first-order valence-electron chi connectivity index (χ1n) is 11.1. The maximum Gasteiger partial charge on any atom is 0.251 e. The average Bonchev–Trinajstić information content (AvgIpc) is 2.83. The lowest BCUT2D eigenvalue weighted by molar-refractivity contribution is -0.113. The first-order valence-corrected chi connectivity index (χ1v) is 11.5. The topological polar surface area (TPSA) is 45.2 Å². The highest BCUT2D eigenvalue weighted by molar-refractivity contribution is 6.30. The van der Waals surface area contributed by atoms with Gasteiger partial charge in [-0.1, -0.05) is 55.8 Å². The maximum atomic E-state index is 12.8. The molecule has 0 unspecified atom stereocenters. The van der Waals surface area contributed by atoms with Crippen LogP contribution in [0.1, 0.15) is 37.9 Å². The number of fused-ring (bicyclic) bond motifs is 1. The number of allylic oxidation sites excluding steroid dienone is 3. The number of carbonyl (C=O) groups is 1. The monoisotopic (exact) mass is 445 g/mol. The Morgan fingerprint density at radius 1 is 1.00 bits per heavy atom. The third kappa shape index (κ3) is 5.26. The molecule has 1 aromatic heterocycles. The minimum Gasteiger partial charge on any atom is -0.322 e. The minimum absolute atomic E-state index is 0.0538. The molecule has 1 N–H and O–H groups in total. The molecule has 4 rings (SSSR count). The summed E-state index contributed by atoms with van der Waals surface area (Å²) in [5, 5.41) is 4.79. The lowest BCUT2D eigenvalue weighted by Crippen LogP contribution is -2.22. The van der Waals surface area contributed by atoms with E-state index in [9.17, 15) is 4.79 Å². The van der Waals surface area contributed by atoms with Gasteiger partial charge in [-0.3, -0.25) is 14.7 Å². The maximum absolute atomic E-state index is 12.8. The van der Waals surface area contributed by atoms with E-state index < -0.39 is 0 Å². The van der Waals surface area contributed by atoms with E-state index in [0.29, 0.717) is 6.42 Å². The zero-order valence-electron chi connectivity index (χ0n) is 18.6. The predicted octanol–water partition coefficient (Wildman–Crippen LogP) is 6.47. The molecule has 2 aromatic carbocycles. The lowest BCUT2D eigenvalue weighted by Gasteiger charge is -2.17. The van der Waals surface area contributed by atoms with Crippen molar-refractivity contribution in [3.05, 3.63) is 88.6 Å². The standard InChI is InChI=1S/C27H28ClN3O/c1-3-31(4-2)18-25-14-11-22-17-24(15-16-26(22)29-25)30-27(32)21-7-5-19(6-8-21)20-9-12-23(28)13-10-20/h5,7,9-17H,3-4,6,8,18H2,1-2H3,(H,30,32). The Hall–Kier alpha value is -2.95. The van der Waals surface area contributed by atoms with Crippen molar-refractivity contribution in [3.8, 4) is 0 Å². The molecule has 0 saturated carbocycles. The predicted molar refractivity (Wildman–Crippen MR) is 134 cm³/mol. The van der Waals surface area contributed by atoms with Crippen LogP contribution in [0.5, 0.6) is 0 Å². The van der Waals surface area contributed by atoms with Gasteiger partial charge in [0, 0.05) is 28.2 Å². The fraction of sp³-hybridized carbons (Fsp3) is 0.259. The number of aromatic nitrogens is 1. The van der Waals surface area contributed by atoms with E-state index in [-0.39, 0.29) is 5.91 Å². The smallest absolute Gasteiger partial charge is 0.251 e. The number of halogens is 1. The molecule has 0 spiro atoms. The minimum atomic E-state index is -0.0538. The summed E-state index contributed by atoms with van der Waals surface area (Å²) in [5.74, 6) is -0.0538. The van der Waals surface area contributed by atoms with E-state index in [1.807, 2.05) is 54.6 Å². The van der Waals surface area contributed by atoms with Crippen molar-refractivity contribution in [2.45, 2.75) is 33.2 Å². The normalized spacial score (nSPS) is 13.8. The van der Waals surface area contributed by atoms with Crippen LogP contribution in [0.2, 0.25) is 5.02 Å². The van der Waals surface area contributed by atoms with Crippen molar-refractivity contribution in [1.29, 1.82) is 0 Å². The van der Waals surface area contributed by atoms with E-state index in [1.54, 1.807) is 0 Å². The first kappa shape index (κ1) is 22.3. The van der Waals surface area contributed by atoms with Crippen molar-refractivity contribution in [3.63, 3.8) is 0 Å². The van der Waals surface area contributed by atoms with Crippen LogP contribution in [0.25, 0.3) is 16.5 Å². The Labute approximate surface area is 194 Å². The van der Waals surface area contributed by atoms with Crippen LogP contribution in [-0.2, 0) is 11.3 Å². The van der Waals surface area contributed by atoms with Gasteiger partial charge >= 0.3 is 0 Å². The van der Waals surface area contributed by atoms with Gasteiger partial charge < -0.3 is 5.32 Å². The molecular weight excluding hydrogens is 418 g/mol. The number of hydrogen-bond acceptors (Lipinski definition) is 3. The Kier molecular flexibility index (Phi) is 7.03. The molecule has 4 nitrogen and oxygen atoms in total. The van der Waals surface area contributed by atoms with Crippen molar-refractivity contribution in [1.82, 2.24) is 9.88 Å². The zero-order valence-corrected chi connectivity index (χ0v) is 19.3. The van der Waals surface area contributed by atoms with Crippen LogP contribution in [0.15, 0.2) is 72.3 Å². The zero-order chi connectivity index (χ0) is 22.5. The van der Waals surface area contributed by atoms with E-state index >= 15 is 0 Å². The number of carbonyl (C=O) groups excluding carboxylic acids is 1. The Morgan fingerprint density at radius 3 is 2.47 bits per heavy atom. The van der Waals surface area contributed by atoms with E-state index in [2.05, 4.69) is 36.2 Å². The number of anilines is 1. The van der Waals surface area contributed by atoms with Crippen molar-refractivity contribution < 1.29 is 4.79 Å². The van der Waals surface area contributed by atoms with E-state index in [4.69, 9.17) is 16.6 Å². The van der Waals surface area contributed by atoms with Crippen LogP contribution in [0.3, 0.4) is 0 Å². The largest absolute Gasteiger partial charge is 0.322 e. The van der Waals surface area contributed by atoms with Crippen molar-refractivity contribution in [2.24, 2.45) is 0 Å². The van der Waals surface area contributed by atoms with Gasteiger partial charge in [0.25, 0.3) is 5.91 Å². The molecule has 3 aromatic rings. The molecular formula is C27H28ClN3O. The number of hydrogen-bond donors (Lipinski definition) is 1. The summed E-state index contributed by atoms with van der Waals surface area (Å²) in [6, 6.07) is 17.9. The highest BCUT2D eigenvalue weighted by Gasteiger charge is 2.15. The van der Waals surface area contributed by atoms with Crippen LogP contribution in [0.4, 0.5) is 5.69 Å². The number of benzene rings is 2. The quantitative estimate of drug-likeness (QED) is 0.453. The summed E-state index contributed by atoms with van der Waals surface area (Å²) in [5.41, 5.74) is 5.95. The highest BCUT2D eigenvalue weighted by Crippen LogP contribution is 2.28. The van der Waals surface area contributed by atoms with Gasteiger partial charge in [-0.25, -0.2) is 0 Å². The number of rotatable bonds is 7. The van der Waals surface area contributed by atoms with Crippen molar-refractivity contribution >= 4 is 39.7 Å². The van der Waals surface area contributed by atoms with Crippen LogP contribution in [0, 0.1) is 0 Å². The Bertz CT molecular complexity index is 1180. The number of nitrogens with zero attached hydrogens (tertiary/aromatic N) is 2. The molecule has 0 saturated heterocycles. The fourth-order valence-electron chi connectivity index (χ4n) is 3.95. The summed E-state index contributed by atoms with van der Waals surface area (Å²) < 4.78 is 0. The molecule has 0 aliphatic heterocycles. The van der Waals surface area contributed by atoms with Crippen LogP contribution >= 0.6 is 11.6 Å². The molecule has 0 fully saturated rings. The fourth-order valence-corrected chi connectivity index (χ4v) is 4.08. The number of amides is 1. The van der Waals surface area contributed by atoms with Gasteiger partial charge in [0.05, 0.1) is 11.2 Å². The molecule has 0 atom stereocenters. The number of pyridine rings is 1. The van der Waals surface area contributed by atoms with E-state index in [0.717, 1.165) is 64.5 Å². The third-order valence-electron chi connectivity index (χ3n) is 5.94.